The minimum atomic E-state index is -2.92. The number of amides is 1. The molecule has 0 aliphatic carbocycles. The summed E-state index contributed by atoms with van der Waals surface area (Å²) < 4.78 is 49.7. The summed E-state index contributed by atoms with van der Waals surface area (Å²) in [6.45, 7) is 0.314. The van der Waals surface area contributed by atoms with Crippen LogP contribution in [0.5, 0.6) is 5.88 Å². The molecular formula is C19H19F3N2O3. The molecule has 1 aromatic heterocycles. The minimum Gasteiger partial charge on any atom is -0.471 e. The number of alkyl halides is 2. The Morgan fingerprint density at radius 2 is 2.07 bits per heavy atom. The Hall–Kier alpha value is -2.61. The van der Waals surface area contributed by atoms with Crippen LogP contribution in [0.3, 0.4) is 0 Å². The van der Waals surface area contributed by atoms with Crippen LogP contribution >= 0.6 is 0 Å². The SMILES string of the molecule is Cc1ccc(-c2cc(C(N)=O)nc3c2CC[C@H]([C@H](C)OC(F)F)O3)c(F)c1. The van der Waals surface area contributed by atoms with E-state index in [0.29, 0.717) is 29.5 Å². The van der Waals surface area contributed by atoms with Crippen LogP contribution in [0.2, 0.25) is 0 Å². The van der Waals surface area contributed by atoms with Gasteiger partial charge in [-0.15, -0.1) is 0 Å². The predicted molar refractivity (Wildman–Crippen MR) is 92.2 cm³/mol. The number of aryl methyl sites for hydroxylation is 1. The number of pyridine rings is 1. The fourth-order valence-corrected chi connectivity index (χ4v) is 3.16. The molecule has 2 N–H and O–H groups in total. The molecule has 8 heteroatoms. The number of halogens is 3. The Kier molecular flexibility index (Phi) is 5.36. The van der Waals surface area contributed by atoms with E-state index in [2.05, 4.69) is 9.72 Å². The number of primary amides is 1. The number of carbonyl (C=O) groups is 1. The third kappa shape index (κ3) is 4.05. The number of benzene rings is 1. The molecule has 0 saturated heterocycles. The van der Waals surface area contributed by atoms with Crippen molar-refractivity contribution in [3.63, 3.8) is 0 Å². The number of carbonyl (C=O) groups excluding carboxylic acids is 1. The van der Waals surface area contributed by atoms with Crippen molar-refractivity contribution >= 4 is 5.91 Å². The molecule has 0 spiro atoms. The van der Waals surface area contributed by atoms with Crippen LogP contribution in [-0.4, -0.2) is 29.7 Å². The van der Waals surface area contributed by atoms with E-state index in [9.17, 15) is 18.0 Å². The van der Waals surface area contributed by atoms with Gasteiger partial charge in [0.1, 0.15) is 17.6 Å². The molecule has 2 aromatic rings. The van der Waals surface area contributed by atoms with Crippen LogP contribution in [-0.2, 0) is 11.2 Å². The van der Waals surface area contributed by atoms with Gasteiger partial charge in [-0.2, -0.15) is 8.78 Å². The van der Waals surface area contributed by atoms with Gasteiger partial charge in [-0.05, 0) is 49.9 Å². The van der Waals surface area contributed by atoms with E-state index in [1.165, 1.54) is 19.1 Å². The average molecular weight is 380 g/mol. The largest absolute Gasteiger partial charge is 0.471 e. The maximum atomic E-state index is 14.5. The van der Waals surface area contributed by atoms with Gasteiger partial charge in [0.2, 0.25) is 5.88 Å². The lowest BCUT2D eigenvalue weighted by Gasteiger charge is -2.30. The Morgan fingerprint density at radius 3 is 2.70 bits per heavy atom. The first-order valence-corrected chi connectivity index (χ1v) is 8.46. The Morgan fingerprint density at radius 1 is 1.33 bits per heavy atom. The summed E-state index contributed by atoms with van der Waals surface area (Å²) in [5.41, 5.74) is 7.35. The summed E-state index contributed by atoms with van der Waals surface area (Å²) in [7, 11) is 0. The van der Waals surface area contributed by atoms with Crippen LogP contribution in [0.4, 0.5) is 13.2 Å². The zero-order chi connectivity index (χ0) is 19.7. The summed E-state index contributed by atoms with van der Waals surface area (Å²) >= 11 is 0. The van der Waals surface area contributed by atoms with E-state index in [1.54, 1.807) is 19.1 Å². The number of ether oxygens (including phenoxy) is 2. The fourth-order valence-electron chi connectivity index (χ4n) is 3.16. The highest BCUT2D eigenvalue weighted by Crippen LogP contribution is 2.37. The highest BCUT2D eigenvalue weighted by Gasteiger charge is 2.31. The number of hydrogen-bond donors (Lipinski definition) is 1. The smallest absolute Gasteiger partial charge is 0.345 e. The van der Waals surface area contributed by atoms with Crippen molar-refractivity contribution in [3.8, 4) is 17.0 Å². The number of rotatable bonds is 5. The van der Waals surface area contributed by atoms with Crippen molar-refractivity contribution in [3.05, 3.63) is 46.9 Å². The topological polar surface area (TPSA) is 74.4 Å². The molecule has 144 valence electrons. The Balaban J connectivity index is 2.05. The predicted octanol–water partition coefficient (Wildman–Crippen LogP) is 3.62. The second-order valence-corrected chi connectivity index (χ2v) is 6.48. The van der Waals surface area contributed by atoms with Gasteiger partial charge in [-0.25, -0.2) is 9.37 Å². The molecule has 5 nitrogen and oxygen atoms in total. The van der Waals surface area contributed by atoms with E-state index in [0.717, 1.165) is 5.56 Å². The van der Waals surface area contributed by atoms with E-state index in [1.807, 2.05) is 0 Å². The van der Waals surface area contributed by atoms with Gasteiger partial charge in [0.25, 0.3) is 5.91 Å². The van der Waals surface area contributed by atoms with Crippen LogP contribution in [0.1, 0.15) is 35.0 Å². The van der Waals surface area contributed by atoms with Gasteiger partial charge in [-0.3, -0.25) is 4.79 Å². The summed E-state index contributed by atoms with van der Waals surface area (Å²) in [5, 5.41) is 0. The van der Waals surface area contributed by atoms with Gasteiger partial charge in [0.15, 0.2) is 0 Å². The highest BCUT2D eigenvalue weighted by atomic mass is 19.3. The summed E-state index contributed by atoms with van der Waals surface area (Å²) in [6, 6.07) is 6.18. The fraction of sp³-hybridized carbons (Fsp3) is 0.368. The second-order valence-electron chi connectivity index (χ2n) is 6.48. The average Bonchev–Trinajstić information content (AvgIpc) is 2.59. The van der Waals surface area contributed by atoms with Gasteiger partial charge < -0.3 is 15.2 Å². The number of hydrogen-bond acceptors (Lipinski definition) is 4. The van der Waals surface area contributed by atoms with Gasteiger partial charge >= 0.3 is 6.61 Å². The van der Waals surface area contributed by atoms with Crippen molar-refractivity contribution in [2.24, 2.45) is 5.73 Å². The van der Waals surface area contributed by atoms with Crippen molar-refractivity contribution < 1.29 is 27.4 Å². The molecule has 1 amide bonds. The Labute approximate surface area is 154 Å². The number of nitrogens with two attached hydrogens (primary N) is 1. The molecule has 2 heterocycles. The van der Waals surface area contributed by atoms with Crippen LogP contribution in [0.15, 0.2) is 24.3 Å². The van der Waals surface area contributed by atoms with Crippen LogP contribution in [0.25, 0.3) is 11.1 Å². The van der Waals surface area contributed by atoms with Crippen molar-refractivity contribution in [1.29, 1.82) is 0 Å². The summed E-state index contributed by atoms with van der Waals surface area (Å²) in [5.74, 6) is -1.16. The third-order valence-corrected chi connectivity index (χ3v) is 4.54. The lowest BCUT2D eigenvalue weighted by atomic mass is 9.92. The molecule has 1 aliphatic rings. The Bertz CT molecular complexity index is 874. The number of aromatic nitrogens is 1. The molecule has 2 atom stereocenters. The van der Waals surface area contributed by atoms with E-state index < -0.39 is 30.5 Å². The molecule has 1 aromatic carbocycles. The van der Waals surface area contributed by atoms with Gasteiger partial charge in [0, 0.05) is 11.1 Å². The van der Waals surface area contributed by atoms with E-state index in [-0.39, 0.29) is 11.6 Å². The highest BCUT2D eigenvalue weighted by molar-refractivity contribution is 5.93. The summed E-state index contributed by atoms with van der Waals surface area (Å²) in [4.78, 5) is 15.8. The molecule has 1 aliphatic heterocycles. The lowest BCUT2D eigenvalue weighted by molar-refractivity contribution is -0.180. The van der Waals surface area contributed by atoms with Crippen molar-refractivity contribution in [2.45, 2.75) is 45.5 Å². The maximum Gasteiger partial charge on any atom is 0.345 e. The maximum absolute atomic E-state index is 14.5. The standard InChI is InChI=1S/C19H19F3N2O3/c1-9-3-4-11(14(20)7-9)13-8-15(17(23)25)24-18-12(13)5-6-16(27-18)10(2)26-19(21)22/h3-4,7-8,10,16,19H,5-6H2,1-2H3,(H2,23,25)/t10-,16+/m0/s1. The monoisotopic (exact) mass is 380 g/mol. The van der Waals surface area contributed by atoms with E-state index in [4.69, 9.17) is 10.5 Å². The molecule has 0 fully saturated rings. The van der Waals surface area contributed by atoms with Crippen molar-refractivity contribution in [2.75, 3.05) is 0 Å². The first-order valence-electron chi connectivity index (χ1n) is 8.46. The summed E-state index contributed by atoms with van der Waals surface area (Å²) in [6.07, 6.45) is -0.750. The third-order valence-electron chi connectivity index (χ3n) is 4.54. The van der Waals surface area contributed by atoms with Gasteiger partial charge in [0.05, 0.1) is 6.10 Å². The quantitative estimate of drug-likeness (QED) is 0.860. The molecular weight excluding hydrogens is 361 g/mol. The zero-order valence-electron chi connectivity index (χ0n) is 14.8. The second kappa shape index (κ2) is 7.56. The lowest BCUT2D eigenvalue weighted by Crippen LogP contribution is -2.36. The number of nitrogens with zero attached hydrogens (tertiary/aromatic N) is 1. The normalized spacial score (nSPS) is 17.3. The van der Waals surface area contributed by atoms with Crippen LogP contribution < -0.4 is 10.5 Å². The first-order chi connectivity index (χ1) is 12.8. The first kappa shape index (κ1) is 19.2. The van der Waals surface area contributed by atoms with Crippen molar-refractivity contribution in [1.82, 2.24) is 4.98 Å². The molecule has 3 rings (SSSR count). The number of fused-ring (bicyclic) bond motifs is 1. The molecule has 0 radical (unpaired) electrons. The molecule has 0 saturated carbocycles. The zero-order valence-corrected chi connectivity index (χ0v) is 14.8. The molecule has 0 bridgehead atoms. The van der Waals surface area contributed by atoms with E-state index >= 15 is 0 Å². The minimum absolute atomic E-state index is 0.0854. The molecule has 0 unspecified atom stereocenters. The van der Waals surface area contributed by atoms with Gasteiger partial charge in [-0.1, -0.05) is 12.1 Å². The molecule has 27 heavy (non-hydrogen) atoms. The van der Waals surface area contributed by atoms with Crippen LogP contribution in [0, 0.1) is 12.7 Å².